The average molecular weight is 595 g/mol. The molecule has 0 bridgehead atoms. The lowest BCUT2D eigenvalue weighted by Gasteiger charge is -2.32. The molecule has 0 saturated carbocycles. The van der Waals surface area contributed by atoms with E-state index in [1.165, 1.54) is 167 Å². The van der Waals surface area contributed by atoms with Crippen LogP contribution < -0.4 is 0 Å². The maximum Gasteiger partial charge on any atom is 0.0594 e. The van der Waals surface area contributed by atoms with Crippen LogP contribution in [0.2, 0.25) is 0 Å². The lowest BCUT2D eigenvalue weighted by Crippen LogP contribution is -2.39. The van der Waals surface area contributed by atoms with Gasteiger partial charge in [-0.1, -0.05) is 169 Å². The van der Waals surface area contributed by atoms with Gasteiger partial charge in [-0.15, -0.1) is 0 Å². The van der Waals surface area contributed by atoms with Crippen molar-refractivity contribution in [1.82, 2.24) is 9.80 Å². The van der Waals surface area contributed by atoms with Crippen molar-refractivity contribution in [2.45, 2.75) is 202 Å². The van der Waals surface area contributed by atoms with Crippen molar-refractivity contribution in [2.75, 3.05) is 45.9 Å². The Balaban J connectivity index is 4.43. The molecule has 0 aromatic rings. The minimum Gasteiger partial charge on any atom is -0.379 e. The third-order valence-electron chi connectivity index (χ3n) is 9.70. The maximum atomic E-state index is 6.20. The summed E-state index contributed by atoms with van der Waals surface area (Å²) in [4.78, 5) is 5.33. The molecule has 2 atom stereocenters. The average Bonchev–Trinajstić information content (AvgIpc) is 3.00. The molecule has 2 unspecified atom stereocenters. The third-order valence-corrected chi connectivity index (χ3v) is 9.70. The highest BCUT2D eigenvalue weighted by molar-refractivity contribution is 4.72. The first-order valence-corrected chi connectivity index (χ1v) is 19.7. The van der Waals surface area contributed by atoms with Crippen LogP contribution in [-0.4, -0.2) is 61.8 Å². The molecule has 0 N–H and O–H groups in total. The van der Waals surface area contributed by atoms with Crippen LogP contribution >= 0.6 is 0 Å². The summed E-state index contributed by atoms with van der Waals surface area (Å²) >= 11 is 0. The zero-order valence-corrected chi connectivity index (χ0v) is 30.4. The number of likely N-dealkylation sites (N-methyl/N-ethyl adjacent to an activating group) is 1. The lowest BCUT2D eigenvalue weighted by atomic mass is 9.96. The molecule has 3 heteroatoms. The third kappa shape index (κ3) is 27.4. The fourth-order valence-electron chi connectivity index (χ4n) is 6.50. The van der Waals surface area contributed by atoms with Gasteiger partial charge in [0.25, 0.3) is 0 Å². The second-order valence-electron chi connectivity index (χ2n) is 13.6. The molecule has 0 rings (SSSR count). The quantitative estimate of drug-likeness (QED) is 0.0679. The largest absolute Gasteiger partial charge is 0.379 e. The number of unbranched alkanes of at least 4 members (excludes halogenated alkanes) is 18. The number of rotatable bonds is 35. The Morgan fingerprint density at radius 2 is 0.929 bits per heavy atom. The molecule has 0 aromatic carbocycles. The molecule has 0 aliphatic carbocycles. The fraction of sp³-hybridized carbons (Fsp3) is 1.00. The Hall–Kier alpha value is -0.120. The van der Waals surface area contributed by atoms with Crippen LogP contribution in [0.3, 0.4) is 0 Å². The predicted octanol–water partition coefficient (Wildman–Crippen LogP) is 12.1. The van der Waals surface area contributed by atoms with E-state index in [4.69, 9.17) is 4.74 Å². The van der Waals surface area contributed by atoms with E-state index in [2.05, 4.69) is 51.3 Å². The van der Waals surface area contributed by atoms with Gasteiger partial charge in [0.05, 0.1) is 13.2 Å². The molecule has 0 fully saturated rings. The van der Waals surface area contributed by atoms with Crippen molar-refractivity contribution < 1.29 is 4.74 Å². The van der Waals surface area contributed by atoms with Gasteiger partial charge in [-0.05, 0) is 45.2 Å². The maximum absolute atomic E-state index is 6.20. The van der Waals surface area contributed by atoms with E-state index in [1.54, 1.807) is 0 Å². The summed E-state index contributed by atoms with van der Waals surface area (Å²) in [5.41, 5.74) is 0. The van der Waals surface area contributed by atoms with Gasteiger partial charge in [-0.25, -0.2) is 0 Å². The second-order valence-corrected chi connectivity index (χ2v) is 13.6. The van der Waals surface area contributed by atoms with Crippen molar-refractivity contribution in [3.8, 4) is 0 Å². The highest BCUT2D eigenvalue weighted by Gasteiger charge is 2.18. The summed E-state index contributed by atoms with van der Waals surface area (Å²) in [5.74, 6) is 0.842. The van der Waals surface area contributed by atoms with Gasteiger partial charge in [0.2, 0.25) is 0 Å². The van der Waals surface area contributed by atoms with Crippen molar-refractivity contribution in [3.05, 3.63) is 0 Å². The molecule has 3 nitrogen and oxygen atoms in total. The van der Waals surface area contributed by atoms with Crippen LogP contribution in [0.4, 0.5) is 0 Å². The highest BCUT2D eigenvalue weighted by atomic mass is 16.5. The zero-order valence-electron chi connectivity index (χ0n) is 30.4. The topological polar surface area (TPSA) is 15.7 Å². The molecule has 0 aliphatic rings. The molecule has 0 saturated heterocycles. The summed E-state index contributed by atoms with van der Waals surface area (Å²) in [5, 5.41) is 0. The minimum absolute atomic E-state index is 0.677. The normalized spacial score (nSPS) is 13.4. The van der Waals surface area contributed by atoms with E-state index >= 15 is 0 Å². The van der Waals surface area contributed by atoms with Crippen molar-refractivity contribution >= 4 is 0 Å². The van der Waals surface area contributed by atoms with Crippen LogP contribution in [0.25, 0.3) is 0 Å². The Bertz CT molecular complexity index is 499. The standard InChI is InChI=1S/C39H82N2O/c1-7-12-14-16-18-20-22-24-26-28-30-38(6)41(34-36-42-35-33-40(11-5)32-9-3)37-39(10-4)31-29-27-25-23-21-19-17-15-13-8-2/h38-39H,7-37H2,1-6H3. The molecule has 0 radical (unpaired) electrons. The summed E-state index contributed by atoms with van der Waals surface area (Å²) in [7, 11) is 0. The van der Waals surface area contributed by atoms with Gasteiger partial charge in [0.1, 0.15) is 0 Å². The second kappa shape index (κ2) is 33.8. The fourth-order valence-corrected chi connectivity index (χ4v) is 6.50. The van der Waals surface area contributed by atoms with Gasteiger partial charge in [-0.3, -0.25) is 4.90 Å². The molecular weight excluding hydrogens is 512 g/mol. The molecule has 42 heavy (non-hydrogen) atoms. The number of hydrogen-bond donors (Lipinski definition) is 0. The van der Waals surface area contributed by atoms with Crippen LogP contribution in [0.5, 0.6) is 0 Å². The molecule has 0 amide bonds. The molecule has 0 heterocycles. The van der Waals surface area contributed by atoms with Crippen molar-refractivity contribution in [2.24, 2.45) is 5.92 Å². The first-order chi connectivity index (χ1) is 20.6. The number of hydrogen-bond acceptors (Lipinski definition) is 3. The van der Waals surface area contributed by atoms with Gasteiger partial charge >= 0.3 is 0 Å². The van der Waals surface area contributed by atoms with Crippen LogP contribution in [0.15, 0.2) is 0 Å². The highest BCUT2D eigenvalue weighted by Crippen LogP contribution is 2.20. The van der Waals surface area contributed by atoms with E-state index in [-0.39, 0.29) is 0 Å². The van der Waals surface area contributed by atoms with Gasteiger partial charge in [0, 0.05) is 25.7 Å². The molecule has 0 aliphatic heterocycles. The molecular formula is C39H82N2O. The predicted molar refractivity (Wildman–Crippen MR) is 191 cm³/mol. The van der Waals surface area contributed by atoms with E-state index in [0.717, 1.165) is 38.8 Å². The van der Waals surface area contributed by atoms with Gasteiger partial charge < -0.3 is 9.64 Å². The Labute approximate surface area is 267 Å². The summed E-state index contributed by atoms with van der Waals surface area (Å²) in [6.07, 6.45) is 34.0. The van der Waals surface area contributed by atoms with Gasteiger partial charge in [0.15, 0.2) is 0 Å². The summed E-state index contributed by atoms with van der Waals surface area (Å²) in [6, 6.07) is 0.677. The van der Waals surface area contributed by atoms with Crippen molar-refractivity contribution in [3.63, 3.8) is 0 Å². The van der Waals surface area contributed by atoms with Crippen LogP contribution in [0, 0.1) is 5.92 Å². The molecule has 0 aromatic heterocycles. The Morgan fingerprint density at radius 3 is 1.38 bits per heavy atom. The SMILES string of the molecule is CCCCCCCCCCCCC(CC)CN(CCOCCN(CC)CCC)C(C)CCCCCCCCCCCC. The smallest absolute Gasteiger partial charge is 0.0594 e. The van der Waals surface area contributed by atoms with E-state index < -0.39 is 0 Å². The number of ether oxygens (including phenoxy) is 1. The zero-order chi connectivity index (χ0) is 30.9. The Kier molecular flexibility index (Phi) is 33.7. The molecule has 0 spiro atoms. The lowest BCUT2D eigenvalue weighted by molar-refractivity contribution is 0.0647. The van der Waals surface area contributed by atoms with E-state index in [0.29, 0.717) is 6.04 Å². The van der Waals surface area contributed by atoms with Crippen molar-refractivity contribution in [1.29, 1.82) is 0 Å². The first kappa shape index (κ1) is 41.9. The van der Waals surface area contributed by atoms with Crippen LogP contribution in [-0.2, 0) is 4.74 Å². The summed E-state index contributed by atoms with van der Waals surface area (Å²) in [6.45, 7) is 21.6. The first-order valence-electron chi connectivity index (χ1n) is 19.7. The van der Waals surface area contributed by atoms with Gasteiger partial charge in [-0.2, -0.15) is 0 Å². The van der Waals surface area contributed by atoms with Crippen LogP contribution in [0.1, 0.15) is 196 Å². The minimum atomic E-state index is 0.677. The number of nitrogens with zero attached hydrogens (tertiary/aromatic N) is 2. The Morgan fingerprint density at radius 1 is 0.476 bits per heavy atom. The monoisotopic (exact) mass is 595 g/mol. The summed E-state index contributed by atoms with van der Waals surface area (Å²) < 4.78 is 6.20. The van der Waals surface area contributed by atoms with E-state index in [1.807, 2.05) is 0 Å². The molecule has 254 valence electrons. The van der Waals surface area contributed by atoms with E-state index in [9.17, 15) is 0 Å².